The largest absolute Gasteiger partial charge is 0.456 e. The Balaban J connectivity index is 1.28. The van der Waals surface area contributed by atoms with E-state index >= 15 is 0 Å². The van der Waals surface area contributed by atoms with Crippen molar-refractivity contribution in [3.05, 3.63) is 243 Å². The minimum atomic E-state index is 0.862. The first-order chi connectivity index (χ1) is 31.3. The molecule has 0 N–H and O–H groups in total. The molecule has 0 aliphatic heterocycles. The maximum atomic E-state index is 6.70. The van der Waals surface area contributed by atoms with Crippen LogP contribution in [0, 0.1) is 0 Å². The van der Waals surface area contributed by atoms with E-state index in [4.69, 9.17) is 4.42 Å². The zero-order valence-corrected chi connectivity index (χ0v) is 34.4. The highest BCUT2D eigenvalue weighted by atomic mass is 16.3. The van der Waals surface area contributed by atoms with Crippen LogP contribution in [0.2, 0.25) is 0 Å². The summed E-state index contributed by atoms with van der Waals surface area (Å²) in [6.45, 7) is 0. The van der Waals surface area contributed by atoms with Crippen LogP contribution in [0.25, 0.3) is 75.8 Å². The summed E-state index contributed by atoms with van der Waals surface area (Å²) < 4.78 is 6.70. The van der Waals surface area contributed by atoms with Gasteiger partial charge in [0.2, 0.25) is 0 Å². The van der Waals surface area contributed by atoms with E-state index in [2.05, 4.69) is 246 Å². The normalized spacial score (nSPS) is 11.5. The topological polar surface area (TPSA) is 19.6 Å². The van der Waals surface area contributed by atoms with Crippen LogP contribution in [0.5, 0.6) is 0 Å². The van der Waals surface area contributed by atoms with E-state index in [1.54, 1.807) is 0 Å². The summed E-state index contributed by atoms with van der Waals surface area (Å²) in [7, 11) is 0. The van der Waals surface area contributed by atoms with Crippen LogP contribution in [0.1, 0.15) is 0 Å². The molecule has 0 atom stereocenters. The van der Waals surface area contributed by atoms with Crippen LogP contribution >= 0.6 is 0 Å². The van der Waals surface area contributed by atoms with Gasteiger partial charge in [0, 0.05) is 44.9 Å². The summed E-state index contributed by atoms with van der Waals surface area (Å²) >= 11 is 0. The smallest absolute Gasteiger partial charge is 0.136 e. The van der Waals surface area contributed by atoms with E-state index in [0.29, 0.717) is 0 Å². The molecular weight excluding hydrogens is 765 g/mol. The molecular formula is C60H40N2O. The van der Waals surface area contributed by atoms with Crippen molar-refractivity contribution >= 4 is 110 Å². The zero-order valence-electron chi connectivity index (χ0n) is 34.4. The molecule has 1 aromatic heterocycles. The number of rotatable bonds is 6. The fourth-order valence-electron chi connectivity index (χ4n) is 9.58. The molecule has 0 aliphatic rings. The van der Waals surface area contributed by atoms with Gasteiger partial charge in [-0.25, -0.2) is 0 Å². The highest BCUT2D eigenvalue weighted by Crippen LogP contribution is 2.44. The van der Waals surface area contributed by atoms with Crippen molar-refractivity contribution in [2.24, 2.45) is 0 Å². The van der Waals surface area contributed by atoms with Crippen LogP contribution < -0.4 is 9.80 Å². The van der Waals surface area contributed by atoms with Gasteiger partial charge in [-0.05, 0) is 145 Å². The number of anilines is 6. The lowest BCUT2D eigenvalue weighted by atomic mass is 9.93. The van der Waals surface area contributed by atoms with Gasteiger partial charge in [0.05, 0.1) is 0 Å². The Morgan fingerprint density at radius 3 is 0.952 bits per heavy atom. The molecule has 0 saturated heterocycles. The molecule has 296 valence electrons. The predicted molar refractivity (Wildman–Crippen MR) is 268 cm³/mol. The van der Waals surface area contributed by atoms with Crippen molar-refractivity contribution in [1.82, 2.24) is 0 Å². The molecule has 1 heterocycles. The molecule has 0 amide bonds. The molecule has 0 spiro atoms. The number of nitrogens with zero attached hydrogens (tertiary/aromatic N) is 2. The number of para-hydroxylation sites is 5. The van der Waals surface area contributed by atoms with Gasteiger partial charge in [-0.1, -0.05) is 152 Å². The van der Waals surface area contributed by atoms with Crippen molar-refractivity contribution in [2.75, 3.05) is 9.80 Å². The third-order valence-electron chi connectivity index (χ3n) is 12.4. The molecule has 0 bridgehead atoms. The Bertz CT molecular complexity index is 3650. The first-order valence-electron chi connectivity index (χ1n) is 21.5. The number of benzene rings is 10. The fraction of sp³-hybridized carbons (Fsp3) is 0. The molecule has 12 aromatic rings. The quantitative estimate of drug-likeness (QED) is 0.167. The summed E-state index contributed by atoms with van der Waals surface area (Å²) in [6.07, 6.45) is 0. The average molecular weight is 805 g/mol. The first kappa shape index (κ1) is 36.5. The summed E-state index contributed by atoms with van der Waals surface area (Å²) in [6, 6.07) is 87.4. The second kappa shape index (κ2) is 15.3. The molecule has 63 heavy (non-hydrogen) atoms. The third kappa shape index (κ3) is 6.29. The number of hydrogen-bond acceptors (Lipinski definition) is 3. The standard InChI is InChI=1S/C60H40N2O/c1-5-19-41(20-6-1)61(42-21-7-2-8-22-42)45-33-35-51-47-27-13-14-28-48(47)52-36-34-46(62(43-23-9-3-10-24-43)44-25-11-4-12-26-44)38-55(52)57-40-60-58(53-31-17-18-32-59(53)63-60)39-56(57)50-30-16-15-29-49(50)54(51)37-45/h1-40H. The van der Waals surface area contributed by atoms with Crippen LogP contribution in [0.15, 0.2) is 247 Å². The Hall–Kier alpha value is -8.40. The van der Waals surface area contributed by atoms with Gasteiger partial charge in [-0.2, -0.15) is 0 Å². The molecule has 3 heteroatoms. The van der Waals surface area contributed by atoms with Crippen molar-refractivity contribution in [2.45, 2.75) is 0 Å². The van der Waals surface area contributed by atoms with Crippen molar-refractivity contribution < 1.29 is 4.42 Å². The summed E-state index contributed by atoms with van der Waals surface area (Å²) in [5, 5.41) is 13.7. The highest BCUT2D eigenvalue weighted by molar-refractivity contribution is 6.28. The molecule has 12 rings (SSSR count). The van der Waals surface area contributed by atoms with E-state index in [9.17, 15) is 0 Å². The summed E-state index contributed by atoms with van der Waals surface area (Å²) in [5.74, 6) is 0. The van der Waals surface area contributed by atoms with Crippen LogP contribution in [0.4, 0.5) is 34.1 Å². The van der Waals surface area contributed by atoms with Crippen LogP contribution in [-0.2, 0) is 0 Å². The summed E-state index contributed by atoms with van der Waals surface area (Å²) in [5.41, 5.74) is 8.27. The molecule has 0 aliphatic carbocycles. The Morgan fingerprint density at radius 1 is 0.190 bits per heavy atom. The second-order valence-electron chi connectivity index (χ2n) is 16.1. The maximum Gasteiger partial charge on any atom is 0.136 e. The van der Waals surface area contributed by atoms with Gasteiger partial charge in [0.1, 0.15) is 11.2 Å². The number of furan rings is 1. The van der Waals surface area contributed by atoms with Gasteiger partial charge in [0.25, 0.3) is 0 Å². The minimum absolute atomic E-state index is 0.862. The Morgan fingerprint density at radius 2 is 0.508 bits per heavy atom. The SMILES string of the molecule is c1ccc(N(c2ccccc2)c2ccc3c4ccccc4c4ccc(N(c5ccccc5)c5ccccc5)cc4c4cc5oc6ccccc6c5cc4c4ccccc4c3c2)cc1. The lowest BCUT2D eigenvalue weighted by Crippen LogP contribution is -2.09. The van der Waals surface area contributed by atoms with Gasteiger partial charge >= 0.3 is 0 Å². The molecule has 0 radical (unpaired) electrons. The zero-order chi connectivity index (χ0) is 41.7. The second-order valence-corrected chi connectivity index (χ2v) is 16.1. The highest BCUT2D eigenvalue weighted by Gasteiger charge is 2.18. The molecule has 11 aromatic carbocycles. The van der Waals surface area contributed by atoms with Gasteiger partial charge in [-0.3, -0.25) is 0 Å². The van der Waals surface area contributed by atoms with E-state index in [-0.39, 0.29) is 0 Å². The monoisotopic (exact) mass is 804 g/mol. The van der Waals surface area contributed by atoms with Crippen molar-refractivity contribution in [3.8, 4) is 0 Å². The lowest BCUT2D eigenvalue weighted by molar-refractivity contribution is 0.669. The number of fused-ring (bicyclic) bond motifs is 13. The fourth-order valence-corrected chi connectivity index (χ4v) is 9.58. The van der Waals surface area contributed by atoms with E-state index in [0.717, 1.165) is 99.2 Å². The Kier molecular flexibility index (Phi) is 8.83. The van der Waals surface area contributed by atoms with Gasteiger partial charge in [0.15, 0.2) is 0 Å². The van der Waals surface area contributed by atoms with Crippen LogP contribution in [0.3, 0.4) is 0 Å². The molecule has 0 saturated carbocycles. The maximum absolute atomic E-state index is 6.70. The summed E-state index contributed by atoms with van der Waals surface area (Å²) in [4.78, 5) is 4.70. The third-order valence-corrected chi connectivity index (χ3v) is 12.4. The Labute approximate surface area is 365 Å². The van der Waals surface area contributed by atoms with E-state index in [1.165, 1.54) is 10.8 Å². The van der Waals surface area contributed by atoms with Gasteiger partial charge < -0.3 is 14.2 Å². The minimum Gasteiger partial charge on any atom is -0.456 e. The van der Waals surface area contributed by atoms with E-state index in [1.807, 2.05) is 6.07 Å². The molecule has 0 unspecified atom stereocenters. The van der Waals surface area contributed by atoms with Crippen molar-refractivity contribution in [3.63, 3.8) is 0 Å². The van der Waals surface area contributed by atoms with Crippen LogP contribution in [-0.4, -0.2) is 0 Å². The average Bonchev–Trinajstić information content (AvgIpc) is 3.72. The first-order valence-corrected chi connectivity index (χ1v) is 21.5. The molecule has 3 nitrogen and oxygen atoms in total. The van der Waals surface area contributed by atoms with Crippen molar-refractivity contribution in [1.29, 1.82) is 0 Å². The lowest BCUT2D eigenvalue weighted by Gasteiger charge is -2.26. The number of hydrogen-bond donors (Lipinski definition) is 0. The predicted octanol–water partition coefficient (Wildman–Crippen LogP) is 17.4. The molecule has 0 fully saturated rings. The van der Waals surface area contributed by atoms with E-state index < -0.39 is 0 Å². The van der Waals surface area contributed by atoms with Gasteiger partial charge in [-0.15, -0.1) is 0 Å².